The summed E-state index contributed by atoms with van der Waals surface area (Å²) < 4.78 is 5.53. The van der Waals surface area contributed by atoms with E-state index < -0.39 is 5.91 Å². The van der Waals surface area contributed by atoms with Gasteiger partial charge in [0.25, 0.3) is 0 Å². The molecule has 0 aliphatic rings. The fourth-order valence-corrected chi connectivity index (χ4v) is 2.18. The van der Waals surface area contributed by atoms with E-state index in [1.165, 1.54) is 11.3 Å². The normalized spacial score (nSPS) is 10.0. The number of amides is 1. The molecule has 1 amide bonds. The molecule has 0 unspecified atom stereocenters. The smallest absolute Gasteiger partial charge is 0.246 e. The van der Waals surface area contributed by atoms with Crippen LogP contribution in [0.1, 0.15) is 5.76 Å². The lowest BCUT2D eigenvalue weighted by Crippen LogP contribution is -2.45. The molecule has 2 heterocycles. The van der Waals surface area contributed by atoms with Gasteiger partial charge in [0.15, 0.2) is 11.7 Å². The van der Waals surface area contributed by atoms with Crippen molar-refractivity contribution in [1.82, 2.24) is 15.8 Å². The van der Waals surface area contributed by atoms with Crippen LogP contribution in [0.15, 0.2) is 26.9 Å². The number of hydrogen-bond donors (Lipinski definition) is 6. The number of thiazole rings is 1. The quantitative estimate of drug-likeness (QED) is 0.246. The molecular weight excluding hydrogens is 308 g/mol. The highest BCUT2D eigenvalue weighted by molar-refractivity contribution is 7.13. The minimum Gasteiger partial charge on any atom is -0.459 e. The number of nitrogens with two attached hydrogens (primary N) is 3. The summed E-state index contributed by atoms with van der Waals surface area (Å²) >= 11 is 1.26. The Kier molecular flexibility index (Phi) is 4.58. The van der Waals surface area contributed by atoms with Gasteiger partial charge >= 0.3 is 0 Å². The largest absolute Gasteiger partial charge is 0.459 e. The van der Waals surface area contributed by atoms with Crippen LogP contribution in [-0.4, -0.2) is 22.8 Å². The Morgan fingerprint density at radius 1 is 1.36 bits per heavy atom. The van der Waals surface area contributed by atoms with Gasteiger partial charge in [0.2, 0.25) is 17.0 Å². The third kappa shape index (κ3) is 4.21. The number of nitrogens with one attached hydrogen (secondary N) is 3. The molecule has 0 fully saturated rings. The lowest BCUT2D eigenvalue weighted by molar-refractivity contribution is -0.121. The van der Waals surface area contributed by atoms with Crippen LogP contribution in [0.4, 0.5) is 5.13 Å². The second-order valence-corrected chi connectivity index (χ2v) is 4.92. The second-order valence-electron chi connectivity index (χ2n) is 4.08. The molecule has 0 spiro atoms. The lowest BCUT2D eigenvalue weighted by atomic mass is 10.3. The highest BCUT2D eigenvalue weighted by Gasteiger charge is 2.11. The van der Waals surface area contributed by atoms with Crippen molar-refractivity contribution < 1.29 is 9.21 Å². The first-order chi connectivity index (χ1) is 10.4. The van der Waals surface area contributed by atoms with Crippen LogP contribution in [0.2, 0.25) is 0 Å². The van der Waals surface area contributed by atoms with Crippen molar-refractivity contribution in [1.29, 1.82) is 5.41 Å². The van der Waals surface area contributed by atoms with Gasteiger partial charge in [0, 0.05) is 5.38 Å². The van der Waals surface area contributed by atoms with E-state index in [0.29, 0.717) is 22.3 Å². The number of furan rings is 1. The molecule has 11 heteroatoms. The summed E-state index contributed by atoms with van der Waals surface area (Å²) in [5.74, 6) is 0.110. The maximum absolute atomic E-state index is 11.5. The molecule has 0 aromatic carbocycles. The Balaban J connectivity index is 2.02. The molecule has 0 atom stereocenters. The van der Waals surface area contributed by atoms with Crippen molar-refractivity contribution in [3.05, 3.63) is 23.3 Å². The van der Waals surface area contributed by atoms with E-state index in [1.54, 1.807) is 17.5 Å². The van der Waals surface area contributed by atoms with E-state index in [2.05, 4.69) is 20.8 Å². The van der Waals surface area contributed by atoms with E-state index in [0.717, 1.165) is 0 Å². The van der Waals surface area contributed by atoms with E-state index >= 15 is 0 Å². The second kappa shape index (κ2) is 6.58. The predicted octanol–water partition coefficient (Wildman–Crippen LogP) is -0.635. The van der Waals surface area contributed by atoms with Crippen molar-refractivity contribution in [3.63, 3.8) is 0 Å². The highest BCUT2D eigenvalue weighted by atomic mass is 32.1. The van der Waals surface area contributed by atoms with Gasteiger partial charge in [-0.3, -0.25) is 21.1 Å². The molecular formula is C11H14N8O2S. The summed E-state index contributed by atoms with van der Waals surface area (Å²) in [5, 5.41) is 9.08. The molecule has 0 bridgehead atoms. The van der Waals surface area contributed by atoms with Gasteiger partial charge in [0.05, 0.1) is 6.42 Å². The third-order valence-electron chi connectivity index (χ3n) is 2.30. The van der Waals surface area contributed by atoms with Crippen molar-refractivity contribution in [2.24, 2.45) is 22.2 Å². The average molecular weight is 322 g/mol. The molecule has 0 saturated carbocycles. The monoisotopic (exact) mass is 322 g/mol. The van der Waals surface area contributed by atoms with E-state index in [4.69, 9.17) is 27.0 Å². The van der Waals surface area contributed by atoms with Gasteiger partial charge in [-0.05, 0) is 12.1 Å². The van der Waals surface area contributed by atoms with Gasteiger partial charge in [-0.2, -0.15) is 4.99 Å². The van der Waals surface area contributed by atoms with Crippen LogP contribution in [0.25, 0.3) is 11.5 Å². The number of hydrogen-bond acceptors (Lipinski definition) is 6. The topological polar surface area (TPSA) is 181 Å². The van der Waals surface area contributed by atoms with Gasteiger partial charge in [-0.1, -0.05) is 0 Å². The number of carbonyl (C=O) groups is 1. The fraction of sp³-hybridized carbons (Fsp3) is 0.0909. The van der Waals surface area contributed by atoms with Crippen molar-refractivity contribution in [2.75, 3.05) is 0 Å². The average Bonchev–Trinajstić information content (AvgIpc) is 3.05. The predicted molar refractivity (Wildman–Crippen MR) is 82.2 cm³/mol. The summed E-state index contributed by atoms with van der Waals surface area (Å²) in [6, 6.07) is 3.34. The summed E-state index contributed by atoms with van der Waals surface area (Å²) in [6.07, 6.45) is -0.00875. The zero-order chi connectivity index (χ0) is 16.1. The molecule has 0 aliphatic heterocycles. The first kappa shape index (κ1) is 15.3. The molecule has 0 radical (unpaired) electrons. The number of carbonyl (C=O) groups excluding carboxylic acids is 1. The van der Waals surface area contributed by atoms with Gasteiger partial charge in [-0.15, -0.1) is 11.3 Å². The molecule has 0 aliphatic carbocycles. The molecule has 2 aromatic heterocycles. The number of rotatable bonds is 4. The van der Waals surface area contributed by atoms with Crippen molar-refractivity contribution in [3.8, 4) is 11.5 Å². The molecule has 116 valence electrons. The number of nitrogens with zero attached hydrogens (tertiary/aromatic N) is 2. The molecule has 22 heavy (non-hydrogen) atoms. The molecule has 9 N–H and O–H groups in total. The molecule has 10 nitrogen and oxygen atoms in total. The van der Waals surface area contributed by atoms with Crippen LogP contribution in [-0.2, 0) is 11.2 Å². The van der Waals surface area contributed by atoms with E-state index in [1.807, 2.05) is 0 Å². The summed E-state index contributed by atoms with van der Waals surface area (Å²) in [7, 11) is 0. The lowest BCUT2D eigenvalue weighted by Gasteiger charge is -2.04. The fourth-order valence-electron chi connectivity index (χ4n) is 1.49. The Morgan fingerprint density at radius 2 is 2.14 bits per heavy atom. The molecule has 2 rings (SSSR count). The number of hydrazine groups is 1. The zero-order valence-corrected chi connectivity index (χ0v) is 12.1. The van der Waals surface area contributed by atoms with Gasteiger partial charge < -0.3 is 21.6 Å². The Hall–Kier alpha value is -3.08. The highest BCUT2D eigenvalue weighted by Crippen LogP contribution is 2.28. The van der Waals surface area contributed by atoms with Crippen molar-refractivity contribution in [2.45, 2.75) is 6.42 Å². The summed E-state index contributed by atoms with van der Waals surface area (Å²) in [4.78, 5) is 19.6. The minimum atomic E-state index is -0.393. The summed E-state index contributed by atoms with van der Waals surface area (Å²) in [6.45, 7) is 0. The number of aromatic nitrogens is 1. The van der Waals surface area contributed by atoms with Gasteiger partial charge in [-0.25, -0.2) is 4.98 Å². The van der Waals surface area contributed by atoms with Crippen LogP contribution in [0.5, 0.6) is 0 Å². The van der Waals surface area contributed by atoms with Crippen molar-refractivity contribution >= 4 is 34.3 Å². The molecule has 2 aromatic rings. The van der Waals surface area contributed by atoms with Crippen LogP contribution < -0.4 is 28.1 Å². The maximum Gasteiger partial charge on any atom is 0.246 e. The summed E-state index contributed by atoms with van der Waals surface area (Å²) in [5.41, 5.74) is 20.6. The van der Waals surface area contributed by atoms with Gasteiger partial charge in [0.1, 0.15) is 11.5 Å². The number of aliphatic imine (C=N–C) groups is 1. The first-order valence-corrected chi connectivity index (χ1v) is 6.85. The van der Waals surface area contributed by atoms with Crippen LogP contribution >= 0.6 is 11.3 Å². The Bertz CT molecular complexity index is 715. The minimum absolute atomic E-state index is 0.00875. The first-order valence-electron chi connectivity index (χ1n) is 5.97. The Morgan fingerprint density at radius 3 is 2.82 bits per heavy atom. The van der Waals surface area contributed by atoms with Crippen LogP contribution in [0.3, 0.4) is 0 Å². The molecule has 0 saturated heterocycles. The third-order valence-corrected chi connectivity index (χ3v) is 3.04. The SMILES string of the molecule is N=C(N)NNC(=O)Cc1ccc(-c2csc(N=C(N)N)n2)o1. The number of guanidine groups is 2. The van der Waals surface area contributed by atoms with Crippen LogP contribution in [0, 0.1) is 5.41 Å². The van der Waals surface area contributed by atoms with E-state index in [9.17, 15) is 4.79 Å². The van der Waals surface area contributed by atoms with E-state index in [-0.39, 0.29) is 18.3 Å². The zero-order valence-electron chi connectivity index (χ0n) is 11.3. The maximum atomic E-state index is 11.5. The Labute approximate surface area is 128 Å². The standard InChI is InChI=1S/C11H14N8O2S/c12-9(13)17-11-16-6(4-22-11)7-2-1-5(21-7)3-8(20)18-19-10(14)15/h1-2,4H,3H2,(H,18,20)(H4,14,15,19)(H4,12,13,16,17).